The van der Waals surface area contributed by atoms with Crippen LogP contribution in [0.3, 0.4) is 0 Å². The Morgan fingerprint density at radius 2 is 0.886 bits per heavy atom. The molecule has 0 heterocycles. The maximum atomic E-state index is 10.8. The number of rotatable bonds is 6. The van der Waals surface area contributed by atoms with Gasteiger partial charge >= 0.3 is 11.9 Å². The third-order valence-electron chi connectivity index (χ3n) is 4.74. The van der Waals surface area contributed by atoms with E-state index in [4.69, 9.17) is 14.8 Å². The Labute approximate surface area is 203 Å². The van der Waals surface area contributed by atoms with Gasteiger partial charge in [-0.3, -0.25) is 4.55 Å². The lowest BCUT2D eigenvalue weighted by atomic mass is 10.1. The molecule has 0 bridgehead atoms. The van der Waals surface area contributed by atoms with Gasteiger partial charge in [-0.05, 0) is 42.0 Å². The molecule has 3 N–H and O–H groups in total. The fraction of sp³-hybridized carbons (Fsp3) is 0. The van der Waals surface area contributed by atoms with Gasteiger partial charge in [0.05, 0.1) is 16.0 Å². The summed E-state index contributed by atoms with van der Waals surface area (Å²) in [6.07, 6.45) is 0. The molecule has 0 aliphatic heterocycles. The van der Waals surface area contributed by atoms with E-state index in [9.17, 15) is 18.0 Å². The van der Waals surface area contributed by atoms with Crippen LogP contribution in [0.2, 0.25) is 0 Å². The Bertz CT molecular complexity index is 1280. The predicted octanol–water partition coefficient (Wildman–Crippen LogP) is 3.77. The summed E-state index contributed by atoms with van der Waals surface area (Å²) in [4.78, 5) is 20.4. The molecule has 4 aromatic carbocycles. The molecule has 0 aromatic heterocycles. The molecule has 0 aliphatic carbocycles. The van der Waals surface area contributed by atoms with E-state index in [1.165, 1.54) is 15.9 Å². The van der Waals surface area contributed by atoms with Crippen LogP contribution in [0, 0.1) is 0 Å². The molecule has 7 nitrogen and oxygen atoms in total. The highest BCUT2D eigenvalue weighted by Crippen LogP contribution is 2.32. The fourth-order valence-corrected chi connectivity index (χ4v) is 6.03. The summed E-state index contributed by atoms with van der Waals surface area (Å²) >= 11 is 0. The molecule has 0 spiro atoms. The van der Waals surface area contributed by atoms with Gasteiger partial charge in [-0.15, -0.1) is 0 Å². The lowest BCUT2D eigenvalue weighted by Gasteiger charge is -2.18. The highest BCUT2D eigenvalue weighted by atomic mass is 32.2. The minimum atomic E-state index is -4.64. The number of benzene rings is 4. The zero-order chi connectivity index (χ0) is 25.4. The van der Waals surface area contributed by atoms with Crippen molar-refractivity contribution in [2.45, 2.75) is 4.90 Å². The van der Waals surface area contributed by atoms with Crippen LogP contribution < -0.4 is 15.9 Å². The lowest BCUT2D eigenvalue weighted by molar-refractivity contribution is 0.0696. The van der Waals surface area contributed by atoms with Gasteiger partial charge in [0, 0.05) is 0 Å². The van der Waals surface area contributed by atoms with Crippen LogP contribution in [-0.2, 0) is 10.1 Å². The van der Waals surface area contributed by atoms with Crippen molar-refractivity contribution in [2.24, 2.45) is 0 Å². The van der Waals surface area contributed by atoms with E-state index < -0.39 is 46.0 Å². The average Bonchev–Trinajstić information content (AvgIpc) is 2.86. The average molecular weight is 508 g/mol. The van der Waals surface area contributed by atoms with Gasteiger partial charge in [0.15, 0.2) is 0 Å². The van der Waals surface area contributed by atoms with Gasteiger partial charge in [0.2, 0.25) is 0 Å². The van der Waals surface area contributed by atoms with Crippen LogP contribution in [-0.4, -0.2) is 35.1 Å². The monoisotopic (exact) mass is 508 g/mol. The first-order valence-electron chi connectivity index (χ1n) is 10.2. The molecule has 4 aromatic rings. The maximum Gasteiger partial charge on any atom is 0.335 e. The van der Waals surface area contributed by atoms with Gasteiger partial charge < -0.3 is 10.2 Å². The quantitative estimate of drug-likeness (QED) is 0.267. The molecule has 178 valence electrons. The van der Waals surface area contributed by atoms with Gasteiger partial charge in [-0.1, -0.05) is 91.0 Å². The minimum absolute atomic E-state index is 0.446. The molecule has 0 amide bonds. The van der Waals surface area contributed by atoms with Crippen LogP contribution in [0.4, 0.5) is 0 Å². The molecule has 0 fully saturated rings. The number of carboxylic acids is 2. The van der Waals surface area contributed by atoms with Crippen molar-refractivity contribution in [2.75, 3.05) is 0 Å². The summed E-state index contributed by atoms with van der Waals surface area (Å²) in [5, 5.41) is 21.4. The number of carboxylic acid groups (broad SMARTS) is 2. The molecule has 0 saturated heterocycles. The summed E-state index contributed by atoms with van der Waals surface area (Å²) in [6, 6.07) is 34.5. The number of aromatic carboxylic acids is 2. The number of hydrogen-bond acceptors (Lipinski definition) is 4. The third kappa shape index (κ3) is 7.07. The highest BCUT2D eigenvalue weighted by molar-refractivity contribution is 7.85. The number of carbonyl (C=O) groups is 2. The molecule has 0 radical (unpaired) electrons. The van der Waals surface area contributed by atoms with Gasteiger partial charge in [-0.25, -0.2) is 9.59 Å². The zero-order valence-electron chi connectivity index (χ0n) is 18.2. The summed E-state index contributed by atoms with van der Waals surface area (Å²) < 4.78 is 30.2. The molecular formula is C26H21O7PS. The lowest BCUT2D eigenvalue weighted by Crippen LogP contribution is -2.20. The van der Waals surface area contributed by atoms with Crippen molar-refractivity contribution in [3.63, 3.8) is 0 Å². The van der Waals surface area contributed by atoms with Crippen molar-refractivity contribution in [1.29, 1.82) is 0 Å². The normalized spacial score (nSPS) is 10.8. The SMILES string of the molecule is O=C(O)c1cc(C(=O)O)cc(S(=O)(=O)O)c1.c1ccc(P(c2ccccc2)c2ccccc2)cc1. The van der Waals surface area contributed by atoms with Crippen LogP contribution in [0.5, 0.6) is 0 Å². The Morgan fingerprint density at radius 3 is 1.14 bits per heavy atom. The summed E-state index contributed by atoms with van der Waals surface area (Å²) in [5.41, 5.74) is -1.07. The van der Waals surface area contributed by atoms with E-state index in [1.807, 2.05) is 0 Å². The van der Waals surface area contributed by atoms with Crippen molar-refractivity contribution in [1.82, 2.24) is 0 Å². The molecule has 0 saturated carbocycles. The van der Waals surface area contributed by atoms with Crippen molar-refractivity contribution in [3.8, 4) is 0 Å². The van der Waals surface area contributed by atoms with Gasteiger partial charge in [-0.2, -0.15) is 8.42 Å². The van der Waals surface area contributed by atoms with E-state index in [0.29, 0.717) is 12.1 Å². The molecule has 35 heavy (non-hydrogen) atoms. The van der Waals surface area contributed by atoms with E-state index >= 15 is 0 Å². The second-order valence-electron chi connectivity index (χ2n) is 7.17. The molecule has 4 rings (SSSR count). The van der Waals surface area contributed by atoms with Crippen molar-refractivity contribution in [3.05, 3.63) is 120 Å². The first-order chi connectivity index (χ1) is 16.7. The Balaban J connectivity index is 0.000000199. The second-order valence-corrected chi connectivity index (χ2v) is 10.8. The molecular weight excluding hydrogens is 487 g/mol. The highest BCUT2D eigenvalue weighted by Gasteiger charge is 2.18. The van der Waals surface area contributed by atoms with Crippen LogP contribution in [0.1, 0.15) is 20.7 Å². The standard InChI is InChI=1S/C18H15P.C8H6O7S/c1-4-10-16(11-5-1)19(17-12-6-2-7-13-17)18-14-8-3-9-15-18;9-7(10)4-1-5(8(11)12)3-6(2-4)16(13,14)15/h1-15H;1-3H,(H,9,10)(H,11,12)(H,13,14,15). The maximum absolute atomic E-state index is 10.8. The Kier molecular flexibility index (Phi) is 8.49. The van der Waals surface area contributed by atoms with E-state index in [-0.39, 0.29) is 0 Å². The fourth-order valence-electron chi connectivity index (χ4n) is 3.17. The molecule has 9 heteroatoms. The topological polar surface area (TPSA) is 129 Å². The first-order valence-corrected chi connectivity index (χ1v) is 13.0. The second kappa shape index (κ2) is 11.5. The molecule has 0 aliphatic rings. The van der Waals surface area contributed by atoms with Crippen molar-refractivity contribution >= 4 is 45.9 Å². The predicted molar refractivity (Wildman–Crippen MR) is 135 cm³/mol. The van der Waals surface area contributed by atoms with E-state index in [2.05, 4.69) is 91.0 Å². The Morgan fingerprint density at radius 1 is 0.571 bits per heavy atom. The van der Waals surface area contributed by atoms with Gasteiger partial charge in [0.1, 0.15) is 0 Å². The smallest absolute Gasteiger partial charge is 0.335 e. The van der Waals surface area contributed by atoms with Gasteiger partial charge in [0.25, 0.3) is 10.1 Å². The van der Waals surface area contributed by atoms with Crippen LogP contribution in [0.25, 0.3) is 0 Å². The first kappa shape index (κ1) is 25.8. The van der Waals surface area contributed by atoms with E-state index in [1.54, 1.807) is 0 Å². The minimum Gasteiger partial charge on any atom is -0.478 e. The third-order valence-corrected chi connectivity index (χ3v) is 8.02. The Hall–Kier alpha value is -3.84. The van der Waals surface area contributed by atoms with Crippen molar-refractivity contribution < 1.29 is 32.8 Å². The summed E-state index contributed by atoms with van der Waals surface area (Å²) in [5.74, 6) is -2.99. The van der Waals surface area contributed by atoms with Crippen LogP contribution in [0.15, 0.2) is 114 Å². The zero-order valence-corrected chi connectivity index (χ0v) is 19.9. The largest absolute Gasteiger partial charge is 0.478 e. The summed E-state index contributed by atoms with van der Waals surface area (Å²) in [6.45, 7) is 0. The van der Waals surface area contributed by atoms with E-state index in [0.717, 1.165) is 6.07 Å². The van der Waals surface area contributed by atoms with Crippen LogP contribution >= 0.6 is 7.92 Å². The number of hydrogen-bond donors (Lipinski definition) is 3. The summed E-state index contributed by atoms with van der Waals surface area (Å²) in [7, 11) is -5.09. The molecule has 0 unspecified atom stereocenters. The molecule has 0 atom stereocenters.